The van der Waals surface area contributed by atoms with E-state index in [9.17, 15) is 27.9 Å². The molecule has 5 rings (SSSR count). The number of hydrogen-bond acceptors (Lipinski definition) is 9. The van der Waals surface area contributed by atoms with Crippen LogP contribution in [0.3, 0.4) is 0 Å². The molecule has 0 aliphatic carbocycles. The van der Waals surface area contributed by atoms with Crippen molar-refractivity contribution in [2.24, 2.45) is 0 Å². The molecule has 2 atom stereocenters. The summed E-state index contributed by atoms with van der Waals surface area (Å²) in [6.07, 6.45) is 2.43. The molecule has 0 unspecified atom stereocenters. The van der Waals surface area contributed by atoms with E-state index in [1.165, 1.54) is 12.1 Å². The van der Waals surface area contributed by atoms with Crippen molar-refractivity contribution in [1.82, 2.24) is 23.4 Å². The van der Waals surface area contributed by atoms with E-state index in [1.807, 2.05) is 6.92 Å². The number of nitrogens with one attached hydrogen (secondary N) is 1. The minimum atomic E-state index is -4.15. The van der Waals surface area contributed by atoms with Crippen molar-refractivity contribution in [3.8, 4) is 0 Å². The summed E-state index contributed by atoms with van der Waals surface area (Å²) in [5, 5.41) is 18.4. The summed E-state index contributed by atoms with van der Waals surface area (Å²) < 4.78 is 42.7. The first kappa shape index (κ1) is 29.8. The van der Waals surface area contributed by atoms with Crippen LogP contribution in [0.25, 0.3) is 0 Å². The SMILES string of the molecule is CCCCCCn1c(=O)n2n(c1=O)C[C@]1(OC(=O)Nc3c(C)noc3C)CN(S(=O)(=O)c3ccc(C)cc3)C[C@]1(O)C2. The fraction of sp³-hybridized carbons (Fsp3) is 0.556. The Morgan fingerprint density at radius 3 is 2.31 bits per heavy atom. The van der Waals surface area contributed by atoms with Gasteiger partial charge >= 0.3 is 17.5 Å². The van der Waals surface area contributed by atoms with Crippen molar-refractivity contribution < 1.29 is 27.6 Å². The molecule has 2 aliphatic heterocycles. The molecule has 2 N–H and O–H groups in total. The number of hydrogen-bond donors (Lipinski definition) is 2. The van der Waals surface area contributed by atoms with Gasteiger partial charge in [0.05, 0.1) is 24.5 Å². The van der Waals surface area contributed by atoms with E-state index in [-0.39, 0.29) is 17.1 Å². The number of aromatic nitrogens is 4. The molecule has 2 aliphatic rings. The molecule has 42 heavy (non-hydrogen) atoms. The molecule has 4 heterocycles. The highest BCUT2D eigenvalue weighted by molar-refractivity contribution is 7.89. The molecule has 1 aromatic carbocycles. The van der Waals surface area contributed by atoms with E-state index < -0.39 is 64.9 Å². The molecule has 14 nitrogen and oxygen atoms in total. The van der Waals surface area contributed by atoms with E-state index in [0.29, 0.717) is 17.9 Å². The first-order valence-corrected chi connectivity index (χ1v) is 15.4. The number of benzene rings is 1. The number of ether oxygens (including phenoxy) is 1. The Bertz CT molecular complexity index is 1700. The lowest BCUT2D eigenvalue weighted by Crippen LogP contribution is -2.66. The van der Waals surface area contributed by atoms with Gasteiger partial charge in [-0.3, -0.25) is 5.32 Å². The van der Waals surface area contributed by atoms with Crippen LogP contribution in [0, 0.1) is 20.8 Å². The van der Waals surface area contributed by atoms with Gasteiger partial charge in [-0.05, 0) is 39.3 Å². The number of β-amino-alcohol motifs (C(OH)–C–C–N with tert-alkyl or cyclic N) is 1. The molecule has 0 spiro atoms. The zero-order valence-electron chi connectivity index (χ0n) is 24.1. The molecule has 1 saturated heterocycles. The lowest BCUT2D eigenvalue weighted by Gasteiger charge is -2.43. The maximum atomic E-state index is 13.7. The molecule has 1 amide bonds. The van der Waals surface area contributed by atoms with Crippen LogP contribution in [-0.4, -0.2) is 67.3 Å². The highest BCUT2D eigenvalue weighted by Crippen LogP contribution is 2.42. The first-order chi connectivity index (χ1) is 19.8. The molecule has 228 valence electrons. The predicted molar refractivity (Wildman–Crippen MR) is 151 cm³/mol. The summed E-state index contributed by atoms with van der Waals surface area (Å²) in [4.78, 5) is 40.0. The van der Waals surface area contributed by atoms with Gasteiger partial charge in [0.25, 0.3) is 0 Å². The number of unbranched alkanes of at least 4 members (excludes halogenated alkanes) is 3. The Morgan fingerprint density at radius 2 is 1.69 bits per heavy atom. The van der Waals surface area contributed by atoms with Gasteiger partial charge in [-0.15, -0.1) is 0 Å². The molecule has 0 bridgehead atoms. The van der Waals surface area contributed by atoms with Gasteiger partial charge in [-0.2, -0.15) is 4.31 Å². The maximum Gasteiger partial charge on any atom is 0.412 e. The smallest absolute Gasteiger partial charge is 0.412 e. The minimum absolute atomic E-state index is 0.00289. The summed E-state index contributed by atoms with van der Waals surface area (Å²) >= 11 is 0. The second-order valence-electron chi connectivity index (χ2n) is 11.2. The van der Waals surface area contributed by atoms with Gasteiger partial charge in [0.2, 0.25) is 10.0 Å². The summed E-state index contributed by atoms with van der Waals surface area (Å²) in [7, 11) is -4.15. The zero-order chi connectivity index (χ0) is 30.4. The average Bonchev–Trinajstić information content (AvgIpc) is 3.49. The molecule has 3 aromatic rings. The van der Waals surface area contributed by atoms with Crippen molar-refractivity contribution in [3.05, 3.63) is 62.3 Å². The number of amides is 1. The van der Waals surface area contributed by atoms with Crippen LogP contribution in [0.1, 0.15) is 49.6 Å². The van der Waals surface area contributed by atoms with Crippen LogP contribution in [0.2, 0.25) is 0 Å². The normalized spacial score (nSPS) is 22.1. The highest BCUT2D eigenvalue weighted by atomic mass is 32.2. The van der Waals surface area contributed by atoms with Gasteiger partial charge in [-0.25, -0.2) is 36.7 Å². The predicted octanol–water partition coefficient (Wildman–Crippen LogP) is 1.74. The number of aliphatic hydroxyl groups is 1. The Hall–Kier alpha value is -3.69. The first-order valence-electron chi connectivity index (χ1n) is 13.9. The lowest BCUT2D eigenvalue weighted by atomic mass is 9.84. The Kier molecular flexibility index (Phi) is 7.70. The average molecular weight is 605 g/mol. The second kappa shape index (κ2) is 10.9. The molecule has 2 aromatic heterocycles. The zero-order valence-corrected chi connectivity index (χ0v) is 24.9. The molecule has 0 radical (unpaired) electrons. The van der Waals surface area contributed by atoms with Crippen LogP contribution in [0.5, 0.6) is 0 Å². The Balaban J connectivity index is 1.53. The number of aryl methyl sites for hydroxylation is 3. The van der Waals surface area contributed by atoms with Crippen molar-refractivity contribution >= 4 is 21.8 Å². The van der Waals surface area contributed by atoms with Crippen molar-refractivity contribution in [3.63, 3.8) is 0 Å². The van der Waals surface area contributed by atoms with Crippen molar-refractivity contribution in [1.29, 1.82) is 0 Å². The van der Waals surface area contributed by atoms with Crippen molar-refractivity contribution in [2.75, 3.05) is 18.4 Å². The third kappa shape index (κ3) is 4.98. The largest absolute Gasteiger partial charge is 0.436 e. The number of rotatable bonds is 9. The minimum Gasteiger partial charge on any atom is -0.436 e. The van der Waals surface area contributed by atoms with Crippen LogP contribution in [-0.2, 0) is 34.4 Å². The van der Waals surface area contributed by atoms with Crippen molar-refractivity contribution in [2.45, 2.75) is 89.1 Å². The van der Waals surface area contributed by atoms with Crippen LogP contribution in [0.15, 0.2) is 43.3 Å². The van der Waals surface area contributed by atoms with E-state index in [2.05, 4.69) is 17.4 Å². The number of anilines is 1. The number of fused-ring (bicyclic) bond motifs is 2. The second-order valence-corrected chi connectivity index (χ2v) is 13.2. The summed E-state index contributed by atoms with van der Waals surface area (Å²) in [6, 6.07) is 6.23. The van der Waals surface area contributed by atoms with E-state index in [1.54, 1.807) is 26.0 Å². The van der Waals surface area contributed by atoms with E-state index in [0.717, 1.165) is 43.1 Å². The number of sulfonamides is 1. The fourth-order valence-corrected chi connectivity index (χ4v) is 7.26. The molecular weight excluding hydrogens is 568 g/mol. The molecule has 0 saturated carbocycles. The monoisotopic (exact) mass is 604 g/mol. The Morgan fingerprint density at radius 1 is 1.02 bits per heavy atom. The summed E-state index contributed by atoms with van der Waals surface area (Å²) in [6.45, 7) is 5.49. The highest BCUT2D eigenvalue weighted by Gasteiger charge is 2.65. The van der Waals surface area contributed by atoms with E-state index >= 15 is 0 Å². The fourth-order valence-electron chi connectivity index (χ4n) is 5.72. The standard InChI is InChI=1S/C27H36N6O8S/c1-5-6-7-8-13-31-24(35)32-15-26(37)14-30(42(38,39)21-11-9-18(2)10-12-21)16-27(26,17-33(32)25(31)36)40-23(34)28-22-19(3)29-41-20(22)4/h9-12,37H,5-8,13-17H2,1-4H3,(H,28,34)/t26-,27+/m0/s1. The molecule has 15 heteroatoms. The third-order valence-electron chi connectivity index (χ3n) is 8.17. The Labute approximate surface area is 242 Å². The van der Waals surface area contributed by atoms with Crippen LogP contribution in [0.4, 0.5) is 10.5 Å². The van der Waals surface area contributed by atoms with Crippen LogP contribution < -0.4 is 16.7 Å². The van der Waals surface area contributed by atoms with Gasteiger partial charge < -0.3 is 14.4 Å². The topological polar surface area (TPSA) is 171 Å². The van der Waals surface area contributed by atoms with E-state index in [4.69, 9.17) is 9.26 Å². The van der Waals surface area contributed by atoms with Crippen LogP contribution >= 0.6 is 0 Å². The van der Waals surface area contributed by atoms with Gasteiger partial charge in [0, 0.05) is 13.1 Å². The number of carbonyl (C=O) groups is 1. The lowest BCUT2D eigenvalue weighted by molar-refractivity contribution is -0.156. The number of carbonyl (C=O) groups excluding carboxylic acids is 1. The molecule has 1 fully saturated rings. The van der Waals surface area contributed by atoms with Gasteiger partial charge in [0.1, 0.15) is 17.0 Å². The van der Waals surface area contributed by atoms with Gasteiger partial charge in [-0.1, -0.05) is 49.0 Å². The van der Waals surface area contributed by atoms with Gasteiger partial charge in [0.15, 0.2) is 11.4 Å². The third-order valence-corrected chi connectivity index (χ3v) is 9.98. The number of nitrogens with zero attached hydrogens (tertiary/aromatic N) is 5. The molecular formula is C27H36N6O8S. The summed E-state index contributed by atoms with van der Waals surface area (Å²) in [5.74, 6) is 0.320. The maximum absolute atomic E-state index is 13.7. The quantitative estimate of drug-likeness (QED) is 0.345. The summed E-state index contributed by atoms with van der Waals surface area (Å²) in [5.41, 5.74) is -3.65.